The summed E-state index contributed by atoms with van der Waals surface area (Å²) in [4.78, 5) is 16.3. The number of amides is 2. The molecule has 0 aromatic heterocycles. The van der Waals surface area contributed by atoms with Crippen LogP contribution in [0.5, 0.6) is 0 Å². The Morgan fingerprint density at radius 1 is 1.42 bits per heavy atom. The van der Waals surface area contributed by atoms with E-state index >= 15 is 0 Å². The molecular formula is C18H28FN3O2. The van der Waals surface area contributed by atoms with Gasteiger partial charge in [0.05, 0.1) is 12.6 Å². The Balaban J connectivity index is 1.91. The Labute approximate surface area is 143 Å². The van der Waals surface area contributed by atoms with Crippen molar-refractivity contribution in [1.82, 2.24) is 15.1 Å². The molecule has 1 aromatic rings. The number of likely N-dealkylation sites (N-methyl/N-ethyl adjacent to an activating group) is 1. The summed E-state index contributed by atoms with van der Waals surface area (Å²) in [5.74, 6) is 0.161. The van der Waals surface area contributed by atoms with Gasteiger partial charge < -0.3 is 19.9 Å². The number of benzene rings is 1. The lowest BCUT2D eigenvalue weighted by molar-refractivity contribution is 0.0998. The van der Waals surface area contributed by atoms with E-state index in [0.717, 1.165) is 31.5 Å². The van der Waals surface area contributed by atoms with Crippen LogP contribution in [0.4, 0.5) is 9.18 Å². The number of halogens is 1. The average molecular weight is 337 g/mol. The summed E-state index contributed by atoms with van der Waals surface area (Å²) in [6, 6.07) is 6.41. The Hall–Kier alpha value is -1.66. The third kappa shape index (κ3) is 5.18. The first-order valence-corrected chi connectivity index (χ1v) is 8.45. The van der Waals surface area contributed by atoms with Crippen molar-refractivity contribution >= 4 is 6.03 Å². The second kappa shape index (κ2) is 8.99. The van der Waals surface area contributed by atoms with Crippen LogP contribution in [0.25, 0.3) is 0 Å². The predicted octanol–water partition coefficient (Wildman–Crippen LogP) is 2.50. The lowest BCUT2D eigenvalue weighted by atomic mass is 9.99. The number of nitrogens with one attached hydrogen (secondary N) is 1. The van der Waals surface area contributed by atoms with Gasteiger partial charge in [0.15, 0.2) is 0 Å². The third-order valence-corrected chi connectivity index (χ3v) is 4.53. The molecule has 0 spiro atoms. The minimum atomic E-state index is -0.252. The summed E-state index contributed by atoms with van der Waals surface area (Å²) < 4.78 is 18.3. The highest BCUT2D eigenvalue weighted by atomic mass is 19.1. The molecule has 1 aromatic carbocycles. The smallest absolute Gasteiger partial charge is 0.317 e. The fraction of sp³-hybridized carbons (Fsp3) is 0.611. The molecule has 1 fully saturated rings. The second-order valence-electron chi connectivity index (χ2n) is 6.63. The molecule has 0 bridgehead atoms. The standard InChI is InChI=1S/C18H28FN3O2/c1-21(2)17(15-6-8-16(19)9-7-15)11-20-18(23)22-10-4-5-14(12-22)13-24-3/h6-9,14,17H,4-5,10-13H2,1-3H3,(H,20,23)/t14-,17-/m0/s1. The lowest BCUT2D eigenvalue weighted by Gasteiger charge is -2.33. The number of hydrogen-bond acceptors (Lipinski definition) is 3. The molecule has 2 amide bonds. The van der Waals surface area contributed by atoms with E-state index in [4.69, 9.17) is 4.74 Å². The Morgan fingerprint density at radius 3 is 2.75 bits per heavy atom. The summed E-state index contributed by atoms with van der Waals surface area (Å²) in [6.07, 6.45) is 2.12. The van der Waals surface area contributed by atoms with E-state index in [1.807, 2.05) is 23.9 Å². The molecule has 0 saturated carbocycles. The molecule has 1 N–H and O–H groups in total. The van der Waals surface area contributed by atoms with E-state index in [1.54, 1.807) is 19.2 Å². The molecule has 134 valence electrons. The third-order valence-electron chi connectivity index (χ3n) is 4.53. The normalized spacial score (nSPS) is 19.4. The van der Waals surface area contributed by atoms with Crippen LogP contribution in [0, 0.1) is 11.7 Å². The van der Waals surface area contributed by atoms with Crippen molar-refractivity contribution in [2.75, 3.05) is 47.4 Å². The molecule has 1 aliphatic heterocycles. The van der Waals surface area contributed by atoms with E-state index < -0.39 is 0 Å². The fourth-order valence-electron chi connectivity index (χ4n) is 3.20. The number of urea groups is 1. The quantitative estimate of drug-likeness (QED) is 0.867. The van der Waals surface area contributed by atoms with Crippen molar-refractivity contribution in [3.63, 3.8) is 0 Å². The van der Waals surface area contributed by atoms with Gasteiger partial charge in [-0.25, -0.2) is 9.18 Å². The van der Waals surface area contributed by atoms with Crippen molar-refractivity contribution < 1.29 is 13.9 Å². The molecular weight excluding hydrogens is 309 g/mol. The topological polar surface area (TPSA) is 44.8 Å². The number of likely N-dealkylation sites (tertiary alicyclic amines) is 1. The average Bonchev–Trinajstić information content (AvgIpc) is 2.57. The number of ether oxygens (including phenoxy) is 1. The van der Waals surface area contributed by atoms with Gasteiger partial charge in [0.2, 0.25) is 0 Å². The number of carbonyl (C=O) groups is 1. The Morgan fingerprint density at radius 2 is 2.12 bits per heavy atom. The Bertz CT molecular complexity index is 520. The maximum Gasteiger partial charge on any atom is 0.317 e. The number of piperidine rings is 1. The lowest BCUT2D eigenvalue weighted by Crippen LogP contribution is -2.48. The predicted molar refractivity (Wildman–Crippen MR) is 92.4 cm³/mol. The maximum absolute atomic E-state index is 13.1. The van der Waals surface area contributed by atoms with Crippen LogP contribution in [0.15, 0.2) is 24.3 Å². The van der Waals surface area contributed by atoms with Crippen LogP contribution in [0.1, 0.15) is 24.4 Å². The van der Waals surface area contributed by atoms with Gasteiger partial charge in [0.25, 0.3) is 0 Å². The summed E-state index contributed by atoms with van der Waals surface area (Å²) >= 11 is 0. The van der Waals surface area contributed by atoms with Crippen molar-refractivity contribution in [3.05, 3.63) is 35.6 Å². The zero-order chi connectivity index (χ0) is 17.5. The molecule has 0 radical (unpaired) electrons. The second-order valence-corrected chi connectivity index (χ2v) is 6.63. The number of carbonyl (C=O) groups excluding carboxylic acids is 1. The highest BCUT2D eigenvalue weighted by Crippen LogP contribution is 2.19. The highest BCUT2D eigenvalue weighted by molar-refractivity contribution is 5.74. The van der Waals surface area contributed by atoms with Crippen LogP contribution in [0.3, 0.4) is 0 Å². The van der Waals surface area contributed by atoms with Crippen LogP contribution < -0.4 is 5.32 Å². The first-order chi connectivity index (χ1) is 11.5. The van der Waals surface area contributed by atoms with Crippen molar-refractivity contribution in [1.29, 1.82) is 0 Å². The van der Waals surface area contributed by atoms with E-state index in [9.17, 15) is 9.18 Å². The van der Waals surface area contributed by atoms with Gasteiger partial charge in [-0.05, 0) is 44.6 Å². The molecule has 2 atom stereocenters. The summed E-state index contributed by atoms with van der Waals surface area (Å²) in [5, 5.41) is 3.02. The minimum Gasteiger partial charge on any atom is -0.384 e. The van der Waals surface area contributed by atoms with Gasteiger partial charge in [0.1, 0.15) is 5.82 Å². The number of methoxy groups -OCH3 is 1. The highest BCUT2D eigenvalue weighted by Gasteiger charge is 2.24. The van der Waals surface area contributed by atoms with Crippen molar-refractivity contribution in [3.8, 4) is 0 Å². The molecule has 24 heavy (non-hydrogen) atoms. The van der Waals surface area contributed by atoms with Crippen LogP contribution in [0.2, 0.25) is 0 Å². The first-order valence-electron chi connectivity index (χ1n) is 8.45. The van der Waals surface area contributed by atoms with E-state index in [0.29, 0.717) is 19.1 Å². The minimum absolute atomic E-state index is 0.00844. The van der Waals surface area contributed by atoms with Gasteiger partial charge in [-0.2, -0.15) is 0 Å². The van der Waals surface area contributed by atoms with Crippen molar-refractivity contribution in [2.24, 2.45) is 5.92 Å². The van der Waals surface area contributed by atoms with Crippen molar-refractivity contribution in [2.45, 2.75) is 18.9 Å². The SMILES string of the molecule is COC[C@H]1CCCN(C(=O)NC[C@@H](c2ccc(F)cc2)N(C)C)C1. The first kappa shape index (κ1) is 18.7. The fourth-order valence-corrected chi connectivity index (χ4v) is 3.20. The Kier molecular flexibility index (Phi) is 6.99. The molecule has 1 saturated heterocycles. The van der Waals surface area contributed by atoms with E-state index in [-0.39, 0.29) is 17.9 Å². The van der Waals surface area contributed by atoms with Gasteiger partial charge in [0, 0.05) is 32.7 Å². The van der Waals surface area contributed by atoms with Crippen LogP contribution >= 0.6 is 0 Å². The van der Waals surface area contributed by atoms with E-state index in [2.05, 4.69) is 5.32 Å². The summed E-state index contributed by atoms with van der Waals surface area (Å²) in [5.41, 5.74) is 0.984. The summed E-state index contributed by atoms with van der Waals surface area (Å²) in [7, 11) is 5.61. The molecule has 5 nitrogen and oxygen atoms in total. The number of rotatable bonds is 6. The van der Waals surface area contributed by atoms with Crippen LogP contribution in [-0.2, 0) is 4.74 Å². The van der Waals surface area contributed by atoms with Crippen LogP contribution in [-0.4, -0.2) is 63.3 Å². The monoisotopic (exact) mass is 337 g/mol. The van der Waals surface area contributed by atoms with E-state index in [1.165, 1.54) is 12.1 Å². The maximum atomic E-state index is 13.1. The summed E-state index contributed by atoms with van der Waals surface area (Å²) in [6.45, 7) is 2.71. The van der Waals surface area contributed by atoms with Gasteiger partial charge in [-0.15, -0.1) is 0 Å². The zero-order valence-corrected chi connectivity index (χ0v) is 14.8. The molecule has 6 heteroatoms. The van der Waals surface area contributed by atoms with Gasteiger partial charge >= 0.3 is 6.03 Å². The number of hydrogen-bond donors (Lipinski definition) is 1. The molecule has 0 unspecified atom stereocenters. The number of nitrogens with zero attached hydrogens (tertiary/aromatic N) is 2. The molecule has 1 aliphatic rings. The molecule has 2 rings (SSSR count). The zero-order valence-electron chi connectivity index (χ0n) is 14.8. The molecule has 1 heterocycles. The largest absolute Gasteiger partial charge is 0.384 e. The molecule has 0 aliphatic carbocycles. The van der Waals surface area contributed by atoms with Gasteiger partial charge in [-0.3, -0.25) is 0 Å². The van der Waals surface area contributed by atoms with Gasteiger partial charge in [-0.1, -0.05) is 12.1 Å².